The number of carbonyl (C=O) groups excluding carboxylic acids is 1. The Bertz CT molecular complexity index is 985. The van der Waals surface area contributed by atoms with E-state index in [1.165, 1.54) is 0 Å². The summed E-state index contributed by atoms with van der Waals surface area (Å²) in [6, 6.07) is 12.8. The summed E-state index contributed by atoms with van der Waals surface area (Å²) < 4.78 is 32.9. The van der Waals surface area contributed by atoms with Gasteiger partial charge in [0.05, 0.1) is 12.9 Å². The van der Waals surface area contributed by atoms with Gasteiger partial charge in [0.1, 0.15) is 5.75 Å². The van der Waals surface area contributed by atoms with E-state index < -0.39 is 10.0 Å². The second kappa shape index (κ2) is 9.51. The van der Waals surface area contributed by atoms with Crippen molar-refractivity contribution in [3.63, 3.8) is 0 Å². The van der Waals surface area contributed by atoms with Crippen LogP contribution < -0.4 is 14.4 Å². The maximum absolute atomic E-state index is 12.6. The van der Waals surface area contributed by atoms with Crippen LogP contribution in [-0.2, 0) is 27.7 Å². The van der Waals surface area contributed by atoms with Gasteiger partial charge < -0.3 is 9.64 Å². The van der Waals surface area contributed by atoms with Gasteiger partial charge in [0, 0.05) is 24.3 Å². The Morgan fingerprint density at radius 3 is 2.50 bits per heavy atom. The van der Waals surface area contributed by atoms with Crippen molar-refractivity contribution in [1.29, 1.82) is 0 Å². The molecule has 3 rings (SSSR count). The summed E-state index contributed by atoms with van der Waals surface area (Å²) in [5, 5.41) is 0. The van der Waals surface area contributed by atoms with Gasteiger partial charge in [-0.15, -0.1) is 0 Å². The number of sulfonamides is 1. The van der Waals surface area contributed by atoms with Crippen molar-refractivity contribution in [2.24, 2.45) is 5.92 Å². The van der Waals surface area contributed by atoms with Crippen molar-refractivity contribution in [1.82, 2.24) is 0 Å². The highest BCUT2D eigenvalue weighted by atomic mass is 32.2. The fourth-order valence-corrected chi connectivity index (χ4v) is 4.62. The predicted molar refractivity (Wildman–Crippen MR) is 121 cm³/mol. The van der Waals surface area contributed by atoms with Gasteiger partial charge in [-0.05, 0) is 66.6 Å². The van der Waals surface area contributed by atoms with Crippen LogP contribution in [0, 0.1) is 5.92 Å². The highest BCUT2D eigenvalue weighted by molar-refractivity contribution is 7.92. The number of methoxy groups -OCH3 is 1. The van der Waals surface area contributed by atoms with Crippen molar-refractivity contribution >= 4 is 27.3 Å². The molecule has 2 aromatic carbocycles. The average molecular weight is 431 g/mol. The van der Waals surface area contributed by atoms with Gasteiger partial charge in [-0.3, -0.25) is 9.52 Å². The lowest BCUT2D eigenvalue weighted by atomic mass is 9.99. The number of hydrogen-bond acceptors (Lipinski definition) is 4. The summed E-state index contributed by atoms with van der Waals surface area (Å²) in [4.78, 5) is 14.2. The zero-order valence-electron chi connectivity index (χ0n) is 17.8. The van der Waals surface area contributed by atoms with Crippen LogP contribution in [0.2, 0.25) is 0 Å². The molecule has 0 unspecified atom stereocenters. The molecule has 6 nitrogen and oxygen atoms in total. The molecule has 1 aliphatic rings. The molecule has 0 aliphatic carbocycles. The molecule has 30 heavy (non-hydrogen) atoms. The Morgan fingerprint density at radius 2 is 1.83 bits per heavy atom. The lowest BCUT2D eigenvalue weighted by Crippen LogP contribution is -2.36. The Morgan fingerprint density at radius 1 is 1.10 bits per heavy atom. The third-order valence-corrected chi connectivity index (χ3v) is 6.59. The van der Waals surface area contributed by atoms with Crippen molar-refractivity contribution < 1.29 is 17.9 Å². The van der Waals surface area contributed by atoms with Crippen LogP contribution in [0.15, 0.2) is 42.5 Å². The summed E-state index contributed by atoms with van der Waals surface area (Å²) in [5.74, 6) is 1.39. The molecular formula is C23H30N2O4S. The van der Waals surface area contributed by atoms with Crippen LogP contribution in [-0.4, -0.2) is 33.7 Å². The molecule has 1 amide bonds. The van der Waals surface area contributed by atoms with Crippen LogP contribution in [0.4, 0.5) is 11.4 Å². The quantitative estimate of drug-likeness (QED) is 0.652. The molecule has 0 fully saturated rings. The second-order valence-electron chi connectivity index (χ2n) is 8.09. The van der Waals surface area contributed by atoms with Crippen molar-refractivity contribution in [3.05, 3.63) is 53.6 Å². The molecule has 0 saturated carbocycles. The molecule has 162 valence electrons. The Hall–Kier alpha value is -2.54. The second-order valence-corrected chi connectivity index (χ2v) is 9.93. The van der Waals surface area contributed by atoms with E-state index in [4.69, 9.17) is 4.74 Å². The smallest absolute Gasteiger partial charge is 0.233 e. The molecule has 1 aliphatic heterocycles. The first kappa shape index (κ1) is 22.2. The first-order valence-electron chi connectivity index (χ1n) is 10.3. The molecule has 0 saturated heterocycles. The number of fused-ring (bicyclic) bond motifs is 1. The summed E-state index contributed by atoms with van der Waals surface area (Å²) in [6.45, 7) is 4.97. The highest BCUT2D eigenvalue weighted by Crippen LogP contribution is 2.31. The largest absolute Gasteiger partial charge is 0.497 e. The summed E-state index contributed by atoms with van der Waals surface area (Å²) >= 11 is 0. The van der Waals surface area contributed by atoms with Crippen LogP contribution >= 0.6 is 0 Å². The van der Waals surface area contributed by atoms with Gasteiger partial charge in [0.15, 0.2) is 0 Å². The Labute approximate surface area is 179 Å². The van der Waals surface area contributed by atoms with E-state index in [0.29, 0.717) is 37.4 Å². The molecule has 1 heterocycles. The van der Waals surface area contributed by atoms with Gasteiger partial charge in [-0.2, -0.15) is 0 Å². The SMILES string of the molecule is COc1ccc(CCS(=O)(=O)Nc2ccc3c(c2)CCC(=O)N3CCC(C)C)cc1. The Kier molecular flexibility index (Phi) is 7.02. The molecule has 0 aromatic heterocycles. The zero-order chi connectivity index (χ0) is 21.7. The van der Waals surface area contributed by atoms with E-state index in [1.807, 2.05) is 41.3 Å². The predicted octanol–water partition coefficient (Wildman–Crippen LogP) is 4.00. The van der Waals surface area contributed by atoms with E-state index in [1.54, 1.807) is 13.2 Å². The van der Waals surface area contributed by atoms with Gasteiger partial charge in [0.2, 0.25) is 15.9 Å². The third-order valence-electron chi connectivity index (χ3n) is 5.30. The molecule has 7 heteroatoms. The third kappa shape index (κ3) is 5.75. The molecule has 0 spiro atoms. The minimum atomic E-state index is -3.48. The fraction of sp³-hybridized carbons (Fsp3) is 0.435. The van der Waals surface area contributed by atoms with Crippen LogP contribution in [0.5, 0.6) is 5.75 Å². The van der Waals surface area contributed by atoms with Crippen LogP contribution in [0.3, 0.4) is 0 Å². The van der Waals surface area contributed by atoms with Crippen LogP contribution in [0.1, 0.15) is 37.8 Å². The lowest BCUT2D eigenvalue weighted by molar-refractivity contribution is -0.118. The van der Waals surface area contributed by atoms with Crippen molar-refractivity contribution in [3.8, 4) is 5.75 Å². The fourth-order valence-electron chi connectivity index (χ4n) is 3.53. The van der Waals surface area contributed by atoms with E-state index in [-0.39, 0.29) is 11.7 Å². The summed E-state index contributed by atoms with van der Waals surface area (Å²) in [5.41, 5.74) is 3.38. The van der Waals surface area contributed by atoms with Gasteiger partial charge in [-0.25, -0.2) is 8.42 Å². The summed E-state index contributed by atoms with van der Waals surface area (Å²) in [6.07, 6.45) is 2.44. The first-order chi connectivity index (χ1) is 14.3. The Balaban J connectivity index is 1.66. The molecule has 0 atom stereocenters. The average Bonchev–Trinajstić information content (AvgIpc) is 2.71. The zero-order valence-corrected chi connectivity index (χ0v) is 18.7. The van der Waals surface area contributed by atoms with E-state index >= 15 is 0 Å². The van der Waals surface area contributed by atoms with Gasteiger partial charge in [-0.1, -0.05) is 26.0 Å². The topological polar surface area (TPSA) is 75.7 Å². The number of ether oxygens (including phenoxy) is 1. The number of carbonyl (C=O) groups is 1. The van der Waals surface area contributed by atoms with E-state index in [2.05, 4.69) is 18.6 Å². The normalized spacial score (nSPS) is 14.0. The number of nitrogens with one attached hydrogen (secondary N) is 1. The standard InChI is InChI=1S/C23H30N2O4S/c1-17(2)12-14-25-22-10-7-20(16-19(22)6-11-23(25)26)24-30(27,28)15-13-18-4-8-21(29-3)9-5-18/h4-5,7-10,16-17,24H,6,11-15H2,1-3H3. The van der Waals surface area contributed by atoms with Crippen molar-refractivity contribution in [2.75, 3.05) is 29.0 Å². The number of amides is 1. The minimum absolute atomic E-state index is 0.00455. The minimum Gasteiger partial charge on any atom is -0.497 e. The van der Waals surface area contributed by atoms with E-state index in [9.17, 15) is 13.2 Å². The number of hydrogen-bond donors (Lipinski definition) is 1. The number of rotatable bonds is 9. The number of anilines is 2. The number of benzene rings is 2. The molecular weight excluding hydrogens is 400 g/mol. The summed E-state index contributed by atoms with van der Waals surface area (Å²) in [7, 11) is -1.88. The number of nitrogens with zero attached hydrogens (tertiary/aromatic N) is 1. The molecule has 2 aromatic rings. The van der Waals surface area contributed by atoms with E-state index in [0.717, 1.165) is 29.0 Å². The lowest BCUT2D eigenvalue weighted by Gasteiger charge is -2.30. The van der Waals surface area contributed by atoms with Gasteiger partial charge >= 0.3 is 0 Å². The molecule has 1 N–H and O–H groups in total. The molecule has 0 radical (unpaired) electrons. The number of aryl methyl sites for hydroxylation is 2. The van der Waals surface area contributed by atoms with Gasteiger partial charge in [0.25, 0.3) is 0 Å². The van der Waals surface area contributed by atoms with Crippen LogP contribution in [0.25, 0.3) is 0 Å². The highest BCUT2D eigenvalue weighted by Gasteiger charge is 2.24. The first-order valence-corrected chi connectivity index (χ1v) is 12.0. The maximum Gasteiger partial charge on any atom is 0.233 e. The van der Waals surface area contributed by atoms with Crippen molar-refractivity contribution in [2.45, 2.75) is 39.5 Å². The monoisotopic (exact) mass is 430 g/mol. The maximum atomic E-state index is 12.6. The molecule has 0 bridgehead atoms.